The standard InChI is InChI=1S/C25H36O5/c1-16(2)25(13-6-8-18(25)4)14-12-17(3)7-5-9-19-10-11-21(29-23(19)27)20-15-22(26)30-24(20)28/h7,10,15,18,21,23-24,27-28H,1,5-6,8-9,11-14H2,2-4H3/b17-7+/t18-,21?,23?,24?,25+/m0/s1. The molecule has 0 spiro atoms. The van der Waals surface area contributed by atoms with Gasteiger partial charge in [-0.15, -0.1) is 0 Å². The molecule has 0 radical (unpaired) electrons. The van der Waals surface area contributed by atoms with Crippen molar-refractivity contribution in [3.05, 3.63) is 47.1 Å². The van der Waals surface area contributed by atoms with Gasteiger partial charge in [-0.05, 0) is 75.7 Å². The maximum atomic E-state index is 11.3. The molecule has 1 saturated carbocycles. The lowest BCUT2D eigenvalue weighted by atomic mass is 9.70. The van der Waals surface area contributed by atoms with Crippen molar-refractivity contribution < 1.29 is 24.5 Å². The number of carbonyl (C=O) groups excluding carboxylic acids is 1. The van der Waals surface area contributed by atoms with Crippen LogP contribution in [0.4, 0.5) is 0 Å². The Labute approximate surface area is 180 Å². The molecule has 1 aliphatic carbocycles. The number of rotatable bonds is 8. The van der Waals surface area contributed by atoms with Gasteiger partial charge < -0.3 is 19.7 Å². The molecule has 5 heteroatoms. The lowest BCUT2D eigenvalue weighted by molar-refractivity contribution is -0.155. The van der Waals surface area contributed by atoms with Crippen LogP contribution in [0.1, 0.15) is 72.1 Å². The third-order valence-corrected chi connectivity index (χ3v) is 7.32. The molecular formula is C25H36O5. The van der Waals surface area contributed by atoms with E-state index in [4.69, 9.17) is 9.47 Å². The Morgan fingerprint density at radius 1 is 1.33 bits per heavy atom. The van der Waals surface area contributed by atoms with E-state index >= 15 is 0 Å². The van der Waals surface area contributed by atoms with Crippen LogP contribution < -0.4 is 0 Å². The number of aliphatic hydroxyl groups excluding tert-OH is 2. The van der Waals surface area contributed by atoms with E-state index in [1.165, 1.54) is 42.9 Å². The second kappa shape index (κ2) is 9.63. The molecule has 0 bridgehead atoms. The summed E-state index contributed by atoms with van der Waals surface area (Å²) in [6.45, 7) is 11.0. The Morgan fingerprint density at radius 3 is 2.67 bits per heavy atom. The number of cyclic esters (lactones) is 1. The smallest absolute Gasteiger partial charge is 0.333 e. The quantitative estimate of drug-likeness (QED) is 0.443. The normalized spacial score (nSPS) is 34.6. The Kier molecular flexibility index (Phi) is 7.38. The highest BCUT2D eigenvalue weighted by atomic mass is 16.6. The van der Waals surface area contributed by atoms with Gasteiger partial charge >= 0.3 is 5.97 Å². The molecule has 2 heterocycles. The minimum absolute atomic E-state index is 0.296. The summed E-state index contributed by atoms with van der Waals surface area (Å²) >= 11 is 0. The lowest BCUT2D eigenvalue weighted by Gasteiger charge is -2.35. The molecule has 0 aromatic rings. The van der Waals surface area contributed by atoms with Gasteiger partial charge in [0.05, 0.1) is 6.10 Å². The van der Waals surface area contributed by atoms with Gasteiger partial charge in [-0.25, -0.2) is 4.79 Å². The van der Waals surface area contributed by atoms with Gasteiger partial charge in [0, 0.05) is 11.6 Å². The van der Waals surface area contributed by atoms with Crippen molar-refractivity contribution in [2.45, 2.75) is 90.8 Å². The van der Waals surface area contributed by atoms with Gasteiger partial charge in [0.15, 0.2) is 6.29 Å². The first-order chi connectivity index (χ1) is 14.2. The zero-order valence-electron chi connectivity index (χ0n) is 18.5. The molecule has 3 unspecified atom stereocenters. The highest BCUT2D eigenvalue weighted by molar-refractivity contribution is 5.85. The van der Waals surface area contributed by atoms with Gasteiger partial charge in [-0.1, -0.05) is 43.2 Å². The number of hydrogen-bond donors (Lipinski definition) is 2. The fourth-order valence-electron chi connectivity index (χ4n) is 5.24. The Balaban J connectivity index is 1.49. The molecule has 0 aromatic carbocycles. The van der Waals surface area contributed by atoms with E-state index in [1.807, 2.05) is 6.08 Å². The molecule has 5 atom stereocenters. The summed E-state index contributed by atoms with van der Waals surface area (Å²) in [6, 6.07) is 0. The van der Waals surface area contributed by atoms with E-state index in [9.17, 15) is 15.0 Å². The van der Waals surface area contributed by atoms with Crippen molar-refractivity contribution in [3.63, 3.8) is 0 Å². The number of allylic oxidation sites excluding steroid dienone is 3. The van der Waals surface area contributed by atoms with Crippen molar-refractivity contribution in [2.75, 3.05) is 0 Å². The summed E-state index contributed by atoms with van der Waals surface area (Å²) < 4.78 is 10.3. The second-order valence-corrected chi connectivity index (χ2v) is 9.24. The predicted molar refractivity (Wildman–Crippen MR) is 116 cm³/mol. The monoisotopic (exact) mass is 416 g/mol. The molecule has 30 heavy (non-hydrogen) atoms. The lowest BCUT2D eigenvalue weighted by Crippen LogP contribution is -2.32. The van der Waals surface area contributed by atoms with E-state index in [-0.39, 0.29) is 0 Å². The van der Waals surface area contributed by atoms with Gasteiger partial charge in [-0.2, -0.15) is 0 Å². The van der Waals surface area contributed by atoms with E-state index in [1.54, 1.807) is 0 Å². The third kappa shape index (κ3) is 4.96. The van der Waals surface area contributed by atoms with Crippen LogP contribution in [0.25, 0.3) is 0 Å². The SMILES string of the molecule is C=C(C)[C@]1(CC/C(C)=C/CCC2=CCC(C3=CC(=O)OC3O)OC2O)CCC[C@@H]1C. The maximum absolute atomic E-state index is 11.3. The zero-order valence-corrected chi connectivity index (χ0v) is 18.5. The Morgan fingerprint density at radius 2 is 2.10 bits per heavy atom. The highest BCUT2D eigenvalue weighted by Crippen LogP contribution is 2.51. The van der Waals surface area contributed by atoms with E-state index in [0.29, 0.717) is 23.3 Å². The van der Waals surface area contributed by atoms with Crippen LogP contribution in [0, 0.1) is 11.3 Å². The highest BCUT2D eigenvalue weighted by Gasteiger charge is 2.40. The number of esters is 1. The number of hydrogen-bond acceptors (Lipinski definition) is 5. The molecule has 3 aliphatic rings. The number of ether oxygens (including phenoxy) is 2. The summed E-state index contributed by atoms with van der Waals surface area (Å²) in [6.07, 6.45) is 10.8. The fourth-order valence-corrected chi connectivity index (χ4v) is 5.24. The van der Waals surface area contributed by atoms with Crippen molar-refractivity contribution >= 4 is 5.97 Å². The van der Waals surface area contributed by atoms with Gasteiger partial charge in [0.1, 0.15) is 0 Å². The fraction of sp³-hybridized carbons (Fsp3) is 0.640. The average molecular weight is 417 g/mol. The second-order valence-electron chi connectivity index (χ2n) is 9.24. The molecule has 0 aromatic heterocycles. The largest absolute Gasteiger partial charge is 0.429 e. The number of aliphatic hydroxyl groups is 2. The summed E-state index contributed by atoms with van der Waals surface area (Å²) in [4.78, 5) is 11.3. The summed E-state index contributed by atoms with van der Waals surface area (Å²) in [5.41, 5.74) is 4.23. The van der Waals surface area contributed by atoms with Crippen LogP contribution in [0.3, 0.4) is 0 Å². The molecule has 5 nitrogen and oxygen atoms in total. The molecule has 0 saturated heterocycles. The van der Waals surface area contributed by atoms with Crippen LogP contribution in [0.2, 0.25) is 0 Å². The van der Waals surface area contributed by atoms with Crippen molar-refractivity contribution in [1.82, 2.24) is 0 Å². The summed E-state index contributed by atoms with van der Waals surface area (Å²) in [7, 11) is 0. The Hall–Kier alpha value is -1.69. The van der Waals surface area contributed by atoms with E-state index in [0.717, 1.165) is 24.8 Å². The topological polar surface area (TPSA) is 76.0 Å². The first kappa shape index (κ1) is 23.0. The van der Waals surface area contributed by atoms with Crippen molar-refractivity contribution in [3.8, 4) is 0 Å². The van der Waals surface area contributed by atoms with Crippen LogP contribution in [-0.2, 0) is 14.3 Å². The van der Waals surface area contributed by atoms with E-state index < -0.39 is 24.7 Å². The molecule has 2 N–H and O–H groups in total. The molecule has 166 valence electrons. The zero-order chi connectivity index (χ0) is 21.9. The summed E-state index contributed by atoms with van der Waals surface area (Å²) in [5.74, 6) is 0.135. The molecule has 3 rings (SSSR count). The average Bonchev–Trinajstić information content (AvgIpc) is 3.23. The van der Waals surface area contributed by atoms with E-state index in [2.05, 4.69) is 33.4 Å². The Bertz CT molecular complexity index is 762. The predicted octanol–water partition coefficient (Wildman–Crippen LogP) is 4.71. The molecule has 1 fully saturated rings. The molecule has 0 amide bonds. The van der Waals surface area contributed by atoms with Gasteiger partial charge in [0.25, 0.3) is 0 Å². The third-order valence-electron chi connectivity index (χ3n) is 7.32. The van der Waals surface area contributed by atoms with Crippen LogP contribution in [-0.4, -0.2) is 34.9 Å². The summed E-state index contributed by atoms with van der Waals surface area (Å²) in [5, 5.41) is 20.1. The molecule has 2 aliphatic heterocycles. The maximum Gasteiger partial charge on any atom is 0.333 e. The van der Waals surface area contributed by atoms with Gasteiger partial charge in [0.2, 0.25) is 6.29 Å². The first-order valence-corrected chi connectivity index (χ1v) is 11.2. The van der Waals surface area contributed by atoms with Crippen molar-refractivity contribution in [2.24, 2.45) is 11.3 Å². The first-order valence-electron chi connectivity index (χ1n) is 11.2. The minimum Gasteiger partial charge on any atom is -0.429 e. The minimum atomic E-state index is -1.28. The van der Waals surface area contributed by atoms with Crippen LogP contribution in [0.15, 0.2) is 47.1 Å². The van der Waals surface area contributed by atoms with Crippen molar-refractivity contribution in [1.29, 1.82) is 0 Å². The van der Waals surface area contributed by atoms with Gasteiger partial charge in [-0.3, -0.25) is 0 Å². The molecular weight excluding hydrogens is 380 g/mol. The van der Waals surface area contributed by atoms with Crippen LogP contribution >= 0.6 is 0 Å². The van der Waals surface area contributed by atoms with Crippen LogP contribution in [0.5, 0.6) is 0 Å². The number of carbonyl (C=O) groups is 1.